The van der Waals surface area contributed by atoms with Crippen LogP contribution in [0.1, 0.15) is 143 Å². The normalized spacial score (nSPS) is 11.8. The van der Waals surface area contributed by atoms with E-state index >= 15 is 0 Å². The lowest BCUT2D eigenvalue weighted by molar-refractivity contribution is 0.462. The first kappa shape index (κ1) is 27.3. The van der Waals surface area contributed by atoms with Crippen LogP contribution < -0.4 is 0 Å². The number of unbranched alkanes of at least 4 members (excludes halogenated alkanes) is 16. The molecule has 1 heteroatoms. The first-order valence-corrected chi connectivity index (χ1v) is 12.9. The predicted molar refractivity (Wildman–Crippen MR) is 130 cm³/mol. The van der Waals surface area contributed by atoms with Gasteiger partial charge in [0.2, 0.25) is 0 Å². The molecule has 0 aromatic heterocycles. The van der Waals surface area contributed by atoms with E-state index in [-0.39, 0.29) is 0 Å². The molecule has 28 heavy (non-hydrogen) atoms. The highest BCUT2D eigenvalue weighted by atomic mass is 15.1. The zero-order chi connectivity index (χ0) is 20.5. The number of hydrogen-bond acceptors (Lipinski definition) is 1. The third-order valence-electron chi connectivity index (χ3n) is 5.56. The van der Waals surface area contributed by atoms with Crippen molar-refractivity contribution in [3.05, 3.63) is 24.6 Å². The second-order valence-corrected chi connectivity index (χ2v) is 8.53. The molecule has 0 saturated carbocycles. The molecule has 0 spiro atoms. The minimum Gasteiger partial charge on any atom is -0.355 e. The van der Waals surface area contributed by atoms with Gasteiger partial charge in [-0.25, -0.2) is 0 Å². The summed E-state index contributed by atoms with van der Waals surface area (Å²) in [5.74, 6) is 0. The molecule has 0 aromatic carbocycles. The van der Waals surface area contributed by atoms with Gasteiger partial charge in [0.15, 0.2) is 0 Å². The molecule has 0 rings (SSSR count). The molecule has 0 amide bonds. The van der Waals surface area contributed by atoms with Crippen molar-refractivity contribution in [2.75, 3.05) is 6.54 Å². The van der Waals surface area contributed by atoms with Gasteiger partial charge < -0.3 is 4.90 Å². The van der Waals surface area contributed by atoms with Crippen molar-refractivity contribution in [2.45, 2.75) is 143 Å². The lowest BCUT2D eigenvalue weighted by Crippen LogP contribution is -2.11. The maximum absolute atomic E-state index is 2.45. The van der Waals surface area contributed by atoms with E-state index in [1.54, 1.807) is 0 Å². The molecule has 0 saturated heterocycles. The van der Waals surface area contributed by atoms with E-state index < -0.39 is 0 Å². The van der Waals surface area contributed by atoms with Gasteiger partial charge in [0.05, 0.1) is 0 Å². The fourth-order valence-corrected chi connectivity index (χ4v) is 3.60. The van der Waals surface area contributed by atoms with Gasteiger partial charge in [0.25, 0.3) is 0 Å². The average Bonchev–Trinajstić information content (AvgIpc) is 2.71. The lowest BCUT2D eigenvalue weighted by atomic mass is 10.1. The summed E-state index contributed by atoms with van der Waals surface area (Å²) >= 11 is 0. The first-order valence-electron chi connectivity index (χ1n) is 12.9. The summed E-state index contributed by atoms with van der Waals surface area (Å²) in [6.07, 6.45) is 35.5. The Balaban J connectivity index is 4.04. The summed E-state index contributed by atoms with van der Waals surface area (Å²) in [6.45, 7) is 8.06. The lowest BCUT2D eigenvalue weighted by Gasteiger charge is -2.15. The van der Waals surface area contributed by atoms with Crippen molar-refractivity contribution in [2.24, 2.45) is 0 Å². The molecule has 0 aliphatic rings. The van der Waals surface area contributed by atoms with Gasteiger partial charge >= 0.3 is 0 Å². The fraction of sp³-hybridized carbons (Fsp3) is 0.852. The molecule has 0 aromatic rings. The maximum atomic E-state index is 2.45. The Labute approximate surface area is 179 Å². The molecule has 0 N–H and O–H groups in total. The van der Waals surface area contributed by atoms with E-state index in [9.17, 15) is 0 Å². The second kappa shape index (κ2) is 24.3. The van der Waals surface area contributed by atoms with Crippen LogP contribution in [0.4, 0.5) is 0 Å². The molecule has 166 valence electrons. The number of hydrogen-bond donors (Lipinski definition) is 0. The summed E-state index contributed by atoms with van der Waals surface area (Å²) in [7, 11) is 0. The van der Waals surface area contributed by atoms with Gasteiger partial charge in [-0.1, -0.05) is 123 Å². The Morgan fingerprint density at radius 2 is 0.786 bits per heavy atom. The highest BCUT2D eigenvalue weighted by Crippen LogP contribution is 2.10. The van der Waals surface area contributed by atoms with Gasteiger partial charge in [-0.2, -0.15) is 0 Å². The molecule has 0 heterocycles. The van der Waals surface area contributed by atoms with Crippen LogP contribution in [0.5, 0.6) is 0 Å². The Morgan fingerprint density at radius 3 is 1.21 bits per heavy atom. The standard InChI is InChI=1S/C27H53N/c1-4-7-10-13-16-19-22-25-28(26-23-20-17-14-11-8-5-2)27-24-21-18-15-12-9-6-3/h22-23,25-26H,4-21,24,27H2,1-3H3/b25-22+,26-23+. The molecular formula is C27H53N. The molecule has 0 aliphatic carbocycles. The monoisotopic (exact) mass is 391 g/mol. The third-order valence-corrected chi connectivity index (χ3v) is 5.56. The Bertz CT molecular complexity index is 307. The van der Waals surface area contributed by atoms with Gasteiger partial charge in [0, 0.05) is 6.54 Å². The number of allylic oxidation sites excluding steroid dienone is 2. The van der Waals surface area contributed by atoms with E-state index in [0.717, 1.165) is 0 Å². The van der Waals surface area contributed by atoms with E-state index in [1.807, 2.05) is 0 Å². The Hall–Kier alpha value is -0.720. The molecule has 0 radical (unpaired) electrons. The van der Waals surface area contributed by atoms with Crippen LogP contribution in [-0.2, 0) is 0 Å². The van der Waals surface area contributed by atoms with Crippen molar-refractivity contribution in [3.8, 4) is 0 Å². The van der Waals surface area contributed by atoms with Crippen molar-refractivity contribution in [1.29, 1.82) is 0 Å². The summed E-state index contributed by atoms with van der Waals surface area (Å²) in [5.41, 5.74) is 0. The van der Waals surface area contributed by atoms with Crippen molar-refractivity contribution < 1.29 is 0 Å². The summed E-state index contributed by atoms with van der Waals surface area (Å²) in [4.78, 5) is 2.45. The van der Waals surface area contributed by atoms with E-state index in [2.05, 4.69) is 50.2 Å². The van der Waals surface area contributed by atoms with Crippen LogP contribution >= 0.6 is 0 Å². The van der Waals surface area contributed by atoms with Crippen molar-refractivity contribution >= 4 is 0 Å². The molecular weight excluding hydrogens is 338 g/mol. The van der Waals surface area contributed by atoms with E-state index in [4.69, 9.17) is 0 Å². The quantitative estimate of drug-likeness (QED) is 0.166. The molecule has 0 bridgehead atoms. The summed E-state index contributed by atoms with van der Waals surface area (Å²) < 4.78 is 0. The van der Waals surface area contributed by atoms with Gasteiger partial charge in [-0.3, -0.25) is 0 Å². The first-order chi connectivity index (χ1) is 13.8. The topological polar surface area (TPSA) is 3.24 Å². The van der Waals surface area contributed by atoms with E-state index in [0.29, 0.717) is 0 Å². The largest absolute Gasteiger partial charge is 0.355 e. The molecule has 0 aliphatic heterocycles. The van der Waals surface area contributed by atoms with E-state index in [1.165, 1.54) is 129 Å². The highest BCUT2D eigenvalue weighted by molar-refractivity contribution is 4.92. The Kier molecular flexibility index (Phi) is 23.7. The molecule has 0 fully saturated rings. The number of nitrogens with zero attached hydrogens (tertiary/aromatic N) is 1. The molecule has 1 nitrogen and oxygen atoms in total. The second-order valence-electron chi connectivity index (χ2n) is 8.53. The Morgan fingerprint density at radius 1 is 0.429 bits per heavy atom. The van der Waals surface area contributed by atoms with Gasteiger partial charge in [-0.05, 0) is 44.5 Å². The fourth-order valence-electron chi connectivity index (χ4n) is 3.60. The van der Waals surface area contributed by atoms with Gasteiger partial charge in [0.1, 0.15) is 0 Å². The predicted octanol–water partition coefficient (Wildman–Crippen LogP) is 9.79. The highest BCUT2D eigenvalue weighted by Gasteiger charge is 1.96. The third kappa shape index (κ3) is 21.6. The number of rotatable bonds is 22. The minimum atomic E-state index is 1.19. The zero-order valence-corrected chi connectivity index (χ0v) is 19.9. The smallest absolute Gasteiger partial charge is 0.0219 e. The zero-order valence-electron chi connectivity index (χ0n) is 19.9. The van der Waals surface area contributed by atoms with Gasteiger partial charge in [-0.15, -0.1) is 0 Å². The van der Waals surface area contributed by atoms with Crippen LogP contribution in [0.2, 0.25) is 0 Å². The summed E-state index contributed by atoms with van der Waals surface area (Å²) in [6, 6.07) is 0. The van der Waals surface area contributed by atoms with Crippen molar-refractivity contribution in [3.63, 3.8) is 0 Å². The van der Waals surface area contributed by atoms with Crippen molar-refractivity contribution in [1.82, 2.24) is 4.90 Å². The van der Waals surface area contributed by atoms with Crippen LogP contribution in [0.15, 0.2) is 24.6 Å². The summed E-state index contributed by atoms with van der Waals surface area (Å²) in [5, 5.41) is 0. The minimum absolute atomic E-state index is 1.19. The van der Waals surface area contributed by atoms with Crippen LogP contribution in [-0.4, -0.2) is 11.4 Å². The average molecular weight is 392 g/mol. The van der Waals surface area contributed by atoms with Crippen LogP contribution in [0.25, 0.3) is 0 Å². The SMILES string of the molecule is CCCCCCC/C=C/N(/C=C/CCCCCCC)CCCCCCCCC. The maximum Gasteiger partial charge on any atom is 0.0219 e. The van der Waals surface area contributed by atoms with Crippen LogP contribution in [0, 0.1) is 0 Å². The molecule has 0 atom stereocenters. The van der Waals surface area contributed by atoms with Crippen LogP contribution in [0.3, 0.4) is 0 Å². The molecule has 0 unspecified atom stereocenters.